The van der Waals surface area contributed by atoms with E-state index in [1.165, 1.54) is 32.2 Å². The van der Waals surface area contributed by atoms with Gasteiger partial charge in [0.25, 0.3) is 0 Å². The van der Waals surface area contributed by atoms with E-state index in [9.17, 15) is 0 Å². The Hall–Kier alpha value is -0.460. The van der Waals surface area contributed by atoms with Gasteiger partial charge in [0.2, 0.25) is 0 Å². The van der Waals surface area contributed by atoms with Crippen LogP contribution in [-0.4, -0.2) is 18.5 Å². The number of hydrogen-bond acceptors (Lipinski definition) is 1. The van der Waals surface area contributed by atoms with E-state index in [1.807, 2.05) is 0 Å². The van der Waals surface area contributed by atoms with Crippen LogP contribution in [0, 0.1) is 5.41 Å². The molecule has 1 aliphatic carbocycles. The van der Waals surface area contributed by atoms with Crippen molar-refractivity contribution < 1.29 is 0 Å². The maximum atomic E-state index is 2.42. The Bertz CT molecular complexity index is 156. The van der Waals surface area contributed by atoms with E-state index in [1.54, 1.807) is 0 Å². The molecule has 1 fully saturated rings. The van der Waals surface area contributed by atoms with Crippen LogP contribution >= 0.6 is 0 Å². The lowest BCUT2D eigenvalue weighted by molar-refractivity contribution is 0.153. The topological polar surface area (TPSA) is 3.24 Å². The molecule has 1 saturated carbocycles. The summed E-state index contributed by atoms with van der Waals surface area (Å²) in [5, 5.41) is 0. The third-order valence-electron chi connectivity index (χ3n) is 2.99. The molecule has 1 spiro atoms. The van der Waals surface area contributed by atoms with Gasteiger partial charge in [0.15, 0.2) is 0 Å². The molecular formula is C9H15N. The molecule has 2 aliphatic rings. The van der Waals surface area contributed by atoms with Gasteiger partial charge in [0.05, 0.1) is 0 Å². The second-order valence-electron chi connectivity index (χ2n) is 3.76. The second kappa shape index (κ2) is 2.01. The minimum absolute atomic E-state index is 0.659. The number of nitrogens with zero attached hydrogens (tertiary/aromatic N) is 1. The molecule has 1 nitrogen and oxygen atoms in total. The van der Waals surface area contributed by atoms with E-state index in [-0.39, 0.29) is 0 Å². The standard InChI is InChI=1S/C9H15N/c1-10-7-5-9(6-8-10)3-2-4-9/h5,7H,2-4,6,8H2,1H3. The molecule has 0 saturated heterocycles. The molecule has 0 aromatic rings. The zero-order chi connectivity index (χ0) is 7.03. The predicted octanol–water partition coefficient (Wildman–Crippen LogP) is 2.01. The monoisotopic (exact) mass is 137 g/mol. The molecular weight excluding hydrogens is 122 g/mol. The van der Waals surface area contributed by atoms with Crippen molar-refractivity contribution in [2.45, 2.75) is 25.7 Å². The quantitative estimate of drug-likeness (QED) is 0.493. The van der Waals surface area contributed by atoms with Gasteiger partial charge in [0.1, 0.15) is 0 Å². The highest BCUT2D eigenvalue weighted by molar-refractivity contribution is 5.07. The van der Waals surface area contributed by atoms with Crippen molar-refractivity contribution in [1.29, 1.82) is 0 Å². The fourth-order valence-corrected chi connectivity index (χ4v) is 1.89. The molecule has 56 valence electrons. The zero-order valence-electron chi connectivity index (χ0n) is 6.64. The summed E-state index contributed by atoms with van der Waals surface area (Å²) in [7, 11) is 2.15. The largest absolute Gasteiger partial charge is 0.381 e. The van der Waals surface area contributed by atoms with Crippen LogP contribution in [0.25, 0.3) is 0 Å². The van der Waals surface area contributed by atoms with Crippen LogP contribution in [-0.2, 0) is 0 Å². The number of rotatable bonds is 0. The normalized spacial score (nSPS) is 28.7. The van der Waals surface area contributed by atoms with Crippen LogP contribution in [0.1, 0.15) is 25.7 Å². The van der Waals surface area contributed by atoms with Crippen molar-refractivity contribution in [3.8, 4) is 0 Å². The molecule has 2 rings (SSSR count). The molecule has 10 heavy (non-hydrogen) atoms. The SMILES string of the molecule is CN1C=CC2(CCC2)CC1. The Kier molecular flexibility index (Phi) is 1.26. The molecule has 0 unspecified atom stereocenters. The van der Waals surface area contributed by atoms with Crippen LogP contribution < -0.4 is 0 Å². The lowest BCUT2D eigenvalue weighted by Crippen LogP contribution is -2.34. The van der Waals surface area contributed by atoms with E-state index in [0.717, 1.165) is 0 Å². The summed E-state index contributed by atoms with van der Waals surface area (Å²) < 4.78 is 0. The fourth-order valence-electron chi connectivity index (χ4n) is 1.89. The summed E-state index contributed by atoms with van der Waals surface area (Å²) in [5.41, 5.74) is 0.659. The molecule has 1 aliphatic heterocycles. The second-order valence-corrected chi connectivity index (χ2v) is 3.76. The van der Waals surface area contributed by atoms with Crippen LogP contribution in [0.4, 0.5) is 0 Å². The molecule has 1 heterocycles. The van der Waals surface area contributed by atoms with E-state index in [4.69, 9.17) is 0 Å². The van der Waals surface area contributed by atoms with Crippen LogP contribution in [0.2, 0.25) is 0 Å². The molecule has 0 bridgehead atoms. The summed E-state index contributed by atoms with van der Waals surface area (Å²) >= 11 is 0. The van der Waals surface area contributed by atoms with E-state index >= 15 is 0 Å². The Morgan fingerprint density at radius 3 is 2.50 bits per heavy atom. The van der Waals surface area contributed by atoms with Crippen LogP contribution in [0.3, 0.4) is 0 Å². The molecule has 0 N–H and O–H groups in total. The van der Waals surface area contributed by atoms with Gasteiger partial charge in [-0.1, -0.05) is 12.5 Å². The smallest absolute Gasteiger partial charge is 0.0177 e. The number of hydrogen-bond donors (Lipinski definition) is 0. The van der Waals surface area contributed by atoms with E-state index in [2.05, 4.69) is 24.2 Å². The van der Waals surface area contributed by atoms with Gasteiger partial charge in [0, 0.05) is 13.6 Å². The highest BCUT2D eigenvalue weighted by Gasteiger charge is 2.35. The minimum Gasteiger partial charge on any atom is -0.381 e. The fraction of sp³-hybridized carbons (Fsp3) is 0.778. The summed E-state index contributed by atoms with van der Waals surface area (Å²) in [6.45, 7) is 1.26. The Labute approximate surface area is 62.7 Å². The third kappa shape index (κ3) is 0.845. The first-order valence-corrected chi connectivity index (χ1v) is 4.20. The summed E-state index contributed by atoms with van der Waals surface area (Å²) in [6, 6.07) is 0. The van der Waals surface area contributed by atoms with Crippen molar-refractivity contribution in [3.05, 3.63) is 12.3 Å². The van der Waals surface area contributed by atoms with Crippen molar-refractivity contribution in [2.24, 2.45) is 5.41 Å². The van der Waals surface area contributed by atoms with E-state index in [0.29, 0.717) is 5.41 Å². The predicted molar refractivity (Wildman–Crippen MR) is 42.7 cm³/mol. The van der Waals surface area contributed by atoms with E-state index < -0.39 is 0 Å². The van der Waals surface area contributed by atoms with Gasteiger partial charge in [-0.05, 0) is 30.9 Å². The lowest BCUT2D eigenvalue weighted by Gasteiger charge is -2.43. The maximum Gasteiger partial charge on any atom is 0.0177 e. The molecule has 0 aromatic carbocycles. The van der Waals surface area contributed by atoms with Gasteiger partial charge in [-0.3, -0.25) is 0 Å². The molecule has 0 aromatic heterocycles. The Morgan fingerprint density at radius 2 is 2.10 bits per heavy atom. The highest BCUT2D eigenvalue weighted by atomic mass is 15.1. The van der Waals surface area contributed by atoms with Gasteiger partial charge in [-0.2, -0.15) is 0 Å². The summed E-state index contributed by atoms with van der Waals surface area (Å²) in [6.07, 6.45) is 10.4. The van der Waals surface area contributed by atoms with Gasteiger partial charge >= 0.3 is 0 Å². The Morgan fingerprint density at radius 1 is 1.30 bits per heavy atom. The van der Waals surface area contributed by atoms with Crippen LogP contribution in [0.15, 0.2) is 12.3 Å². The first-order chi connectivity index (χ1) is 4.81. The van der Waals surface area contributed by atoms with Crippen molar-refractivity contribution in [1.82, 2.24) is 4.90 Å². The van der Waals surface area contributed by atoms with Gasteiger partial charge < -0.3 is 4.90 Å². The first kappa shape index (κ1) is 6.26. The molecule has 0 amide bonds. The summed E-state index contributed by atoms with van der Waals surface area (Å²) in [5.74, 6) is 0. The van der Waals surface area contributed by atoms with Crippen LogP contribution in [0.5, 0.6) is 0 Å². The molecule has 0 atom stereocenters. The lowest BCUT2D eigenvalue weighted by atomic mass is 9.66. The molecule has 1 heteroatoms. The Balaban J connectivity index is 2.07. The average Bonchev–Trinajstić information content (AvgIpc) is 1.86. The maximum absolute atomic E-state index is 2.42. The number of allylic oxidation sites excluding steroid dienone is 1. The first-order valence-electron chi connectivity index (χ1n) is 4.20. The highest BCUT2D eigenvalue weighted by Crippen LogP contribution is 2.46. The van der Waals surface area contributed by atoms with Crippen molar-refractivity contribution in [3.63, 3.8) is 0 Å². The van der Waals surface area contributed by atoms with Crippen molar-refractivity contribution in [2.75, 3.05) is 13.6 Å². The van der Waals surface area contributed by atoms with Crippen molar-refractivity contribution >= 4 is 0 Å². The minimum atomic E-state index is 0.659. The zero-order valence-corrected chi connectivity index (χ0v) is 6.64. The van der Waals surface area contributed by atoms with Gasteiger partial charge in [-0.25, -0.2) is 0 Å². The third-order valence-corrected chi connectivity index (χ3v) is 2.99. The molecule has 0 radical (unpaired) electrons. The summed E-state index contributed by atoms with van der Waals surface area (Å²) in [4.78, 5) is 2.28. The average molecular weight is 137 g/mol. The van der Waals surface area contributed by atoms with Gasteiger partial charge in [-0.15, -0.1) is 0 Å².